The summed E-state index contributed by atoms with van der Waals surface area (Å²) in [5.74, 6) is -0.337. The van der Waals surface area contributed by atoms with Crippen LogP contribution >= 0.6 is 0 Å². The van der Waals surface area contributed by atoms with E-state index < -0.39 is 5.97 Å². The third-order valence-corrected chi connectivity index (χ3v) is 1.07. The number of aliphatic carboxylic acids is 1. The summed E-state index contributed by atoms with van der Waals surface area (Å²) in [4.78, 5) is 14.0. The molecule has 0 saturated heterocycles. The highest BCUT2D eigenvalue weighted by atomic mass is 16.4. The van der Waals surface area contributed by atoms with Crippen LogP contribution in [0.3, 0.4) is 0 Å². The first-order valence-corrected chi connectivity index (χ1v) is 2.95. The Morgan fingerprint density at radius 3 is 3.20 bits per heavy atom. The van der Waals surface area contributed by atoms with Gasteiger partial charge in [-0.05, 0) is 12.3 Å². The van der Waals surface area contributed by atoms with Gasteiger partial charge in [0.1, 0.15) is 12.3 Å². The van der Waals surface area contributed by atoms with Crippen LogP contribution < -0.4 is 5.32 Å². The van der Waals surface area contributed by atoms with E-state index in [1.807, 2.05) is 6.08 Å². The van der Waals surface area contributed by atoms with Gasteiger partial charge in [0.25, 0.3) is 0 Å². The molecular weight excluding hydrogens is 132 g/mol. The minimum absolute atomic E-state index is 0.0235. The molecule has 0 aromatic carbocycles. The second kappa shape index (κ2) is 3.00. The Kier molecular flexibility index (Phi) is 2.04. The number of aliphatic imine (C=N–C) groups is 1. The van der Waals surface area contributed by atoms with Crippen molar-refractivity contribution >= 4 is 11.8 Å². The first kappa shape index (κ1) is 6.80. The Morgan fingerprint density at radius 2 is 2.70 bits per heavy atom. The second-order valence-electron chi connectivity index (χ2n) is 1.90. The van der Waals surface area contributed by atoms with Gasteiger partial charge in [0.2, 0.25) is 0 Å². The summed E-state index contributed by atoms with van der Waals surface area (Å²) < 4.78 is 0. The summed E-state index contributed by atoms with van der Waals surface area (Å²) in [5, 5.41) is 11.1. The molecular formula is C6H8N2O2. The van der Waals surface area contributed by atoms with Gasteiger partial charge in [-0.25, -0.2) is 0 Å². The topological polar surface area (TPSA) is 61.7 Å². The number of nitrogens with zero attached hydrogens (tertiary/aromatic N) is 1. The van der Waals surface area contributed by atoms with Crippen LogP contribution in [0.25, 0.3) is 0 Å². The Hall–Kier alpha value is -1.32. The number of carboxylic acids is 1. The lowest BCUT2D eigenvalue weighted by atomic mass is 10.3. The smallest absolute Gasteiger partial charge is 0.311 e. The Balaban J connectivity index is 2.41. The summed E-state index contributed by atoms with van der Waals surface area (Å²) >= 11 is 0. The van der Waals surface area contributed by atoms with E-state index in [0.717, 1.165) is 0 Å². The molecule has 0 aromatic heterocycles. The van der Waals surface area contributed by atoms with Gasteiger partial charge in [0, 0.05) is 0 Å². The SMILES string of the molecule is O=C(O)CC1=NCC=CN1. The van der Waals surface area contributed by atoms with Crippen molar-refractivity contribution in [3.8, 4) is 0 Å². The number of carboxylic acid groups (broad SMARTS) is 1. The molecule has 0 unspecified atom stereocenters. The molecule has 4 nitrogen and oxygen atoms in total. The zero-order valence-electron chi connectivity index (χ0n) is 5.37. The van der Waals surface area contributed by atoms with Crippen LogP contribution in [0, 0.1) is 0 Å². The van der Waals surface area contributed by atoms with E-state index in [9.17, 15) is 4.79 Å². The molecule has 0 atom stereocenters. The first-order chi connectivity index (χ1) is 4.79. The van der Waals surface area contributed by atoms with Crippen molar-refractivity contribution in [3.05, 3.63) is 12.3 Å². The predicted octanol–water partition coefficient (Wildman–Crippen LogP) is -0.0235. The van der Waals surface area contributed by atoms with E-state index in [1.165, 1.54) is 0 Å². The molecule has 0 aromatic rings. The number of hydrogen-bond acceptors (Lipinski definition) is 3. The largest absolute Gasteiger partial charge is 0.481 e. The Labute approximate surface area is 58.3 Å². The van der Waals surface area contributed by atoms with E-state index in [-0.39, 0.29) is 6.42 Å². The van der Waals surface area contributed by atoms with Crippen LogP contribution in [0.15, 0.2) is 17.3 Å². The van der Waals surface area contributed by atoms with E-state index >= 15 is 0 Å². The molecule has 10 heavy (non-hydrogen) atoms. The summed E-state index contributed by atoms with van der Waals surface area (Å²) in [5.41, 5.74) is 0. The molecule has 4 heteroatoms. The van der Waals surface area contributed by atoms with Gasteiger partial charge < -0.3 is 10.4 Å². The number of carbonyl (C=O) groups is 1. The van der Waals surface area contributed by atoms with Crippen LogP contribution in [0.5, 0.6) is 0 Å². The fraction of sp³-hybridized carbons (Fsp3) is 0.333. The van der Waals surface area contributed by atoms with E-state index in [0.29, 0.717) is 12.4 Å². The maximum atomic E-state index is 10.1. The predicted molar refractivity (Wildman–Crippen MR) is 36.8 cm³/mol. The average molecular weight is 140 g/mol. The van der Waals surface area contributed by atoms with Crippen molar-refractivity contribution in [1.82, 2.24) is 5.32 Å². The zero-order chi connectivity index (χ0) is 7.40. The van der Waals surface area contributed by atoms with Gasteiger partial charge in [0.15, 0.2) is 0 Å². The molecule has 1 heterocycles. The van der Waals surface area contributed by atoms with Gasteiger partial charge >= 0.3 is 5.97 Å². The highest BCUT2D eigenvalue weighted by molar-refractivity contribution is 5.97. The number of nitrogens with one attached hydrogen (secondary N) is 1. The molecule has 0 amide bonds. The zero-order valence-corrected chi connectivity index (χ0v) is 5.37. The van der Waals surface area contributed by atoms with Crippen molar-refractivity contribution in [2.75, 3.05) is 6.54 Å². The fourth-order valence-electron chi connectivity index (χ4n) is 0.667. The van der Waals surface area contributed by atoms with E-state index in [4.69, 9.17) is 5.11 Å². The van der Waals surface area contributed by atoms with Gasteiger partial charge in [-0.1, -0.05) is 0 Å². The molecule has 0 bridgehead atoms. The molecule has 2 N–H and O–H groups in total. The van der Waals surface area contributed by atoms with Crippen molar-refractivity contribution in [1.29, 1.82) is 0 Å². The highest BCUT2D eigenvalue weighted by Gasteiger charge is 2.04. The maximum absolute atomic E-state index is 10.1. The lowest BCUT2D eigenvalue weighted by molar-refractivity contribution is -0.135. The van der Waals surface area contributed by atoms with Gasteiger partial charge in [-0.15, -0.1) is 0 Å². The van der Waals surface area contributed by atoms with Crippen molar-refractivity contribution in [3.63, 3.8) is 0 Å². The van der Waals surface area contributed by atoms with Crippen LogP contribution in [0.2, 0.25) is 0 Å². The van der Waals surface area contributed by atoms with Gasteiger partial charge in [-0.2, -0.15) is 0 Å². The third-order valence-electron chi connectivity index (χ3n) is 1.07. The lowest BCUT2D eigenvalue weighted by Gasteiger charge is -2.05. The van der Waals surface area contributed by atoms with Crippen molar-refractivity contribution < 1.29 is 9.90 Å². The molecule has 0 spiro atoms. The number of hydrogen-bond donors (Lipinski definition) is 2. The van der Waals surface area contributed by atoms with Crippen LogP contribution in [0.1, 0.15) is 6.42 Å². The van der Waals surface area contributed by atoms with Crippen molar-refractivity contribution in [2.24, 2.45) is 4.99 Å². The van der Waals surface area contributed by atoms with Crippen LogP contribution in [-0.4, -0.2) is 23.5 Å². The lowest BCUT2D eigenvalue weighted by Crippen LogP contribution is -2.23. The average Bonchev–Trinajstić information content (AvgIpc) is 1.88. The molecule has 1 aliphatic heterocycles. The van der Waals surface area contributed by atoms with Crippen molar-refractivity contribution in [2.45, 2.75) is 6.42 Å². The third kappa shape index (κ3) is 1.89. The molecule has 54 valence electrons. The minimum atomic E-state index is -0.860. The Bertz CT molecular complexity index is 196. The van der Waals surface area contributed by atoms with E-state index in [1.54, 1.807) is 6.20 Å². The molecule has 0 radical (unpaired) electrons. The molecule has 1 aliphatic rings. The molecule has 1 rings (SSSR count). The minimum Gasteiger partial charge on any atom is -0.481 e. The van der Waals surface area contributed by atoms with Crippen LogP contribution in [-0.2, 0) is 4.79 Å². The summed E-state index contributed by atoms with van der Waals surface area (Å²) in [6.07, 6.45) is 3.50. The quantitative estimate of drug-likeness (QED) is 0.566. The normalized spacial score (nSPS) is 15.8. The number of rotatable bonds is 2. The standard InChI is InChI=1S/C6H8N2O2/c9-6(10)4-5-7-2-1-3-8-5/h1-2H,3-4H2,(H,7,8)(H,9,10). The fourth-order valence-corrected chi connectivity index (χ4v) is 0.667. The van der Waals surface area contributed by atoms with Gasteiger partial charge in [-0.3, -0.25) is 9.79 Å². The summed E-state index contributed by atoms with van der Waals surface area (Å²) in [6, 6.07) is 0. The summed E-state index contributed by atoms with van der Waals surface area (Å²) in [7, 11) is 0. The van der Waals surface area contributed by atoms with Crippen LogP contribution in [0.4, 0.5) is 0 Å². The molecule has 0 aliphatic carbocycles. The van der Waals surface area contributed by atoms with E-state index in [2.05, 4.69) is 10.3 Å². The number of amidine groups is 1. The molecule has 0 saturated carbocycles. The monoisotopic (exact) mass is 140 g/mol. The highest BCUT2D eigenvalue weighted by Crippen LogP contribution is 1.90. The maximum Gasteiger partial charge on any atom is 0.311 e. The second-order valence-corrected chi connectivity index (χ2v) is 1.90. The summed E-state index contributed by atoms with van der Waals surface area (Å²) in [6.45, 7) is 0.579. The molecule has 0 fully saturated rings. The first-order valence-electron chi connectivity index (χ1n) is 2.95. The van der Waals surface area contributed by atoms with Gasteiger partial charge in [0.05, 0.1) is 6.54 Å². The Morgan fingerprint density at radius 1 is 1.90 bits per heavy atom.